The van der Waals surface area contributed by atoms with Crippen molar-refractivity contribution in [2.45, 2.75) is 451 Å². The third-order valence-electron chi connectivity index (χ3n) is 17.5. The van der Waals surface area contributed by atoms with E-state index >= 15 is 0 Å². The van der Waals surface area contributed by atoms with Gasteiger partial charge in [-0.25, -0.2) is 9.59 Å². The third kappa shape index (κ3) is 61.5. The van der Waals surface area contributed by atoms with E-state index in [1.807, 2.05) is 303 Å². The fourth-order valence-electron chi connectivity index (χ4n) is 18.4. The first kappa shape index (κ1) is 134. The van der Waals surface area contributed by atoms with Crippen LogP contribution in [0.4, 0.5) is 9.59 Å². The van der Waals surface area contributed by atoms with Crippen molar-refractivity contribution in [3.63, 3.8) is 0 Å². The van der Waals surface area contributed by atoms with Gasteiger partial charge in [0.15, 0.2) is 8.32 Å². The molecule has 0 amide bonds. The van der Waals surface area contributed by atoms with E-state index in [0.29, 0.717) is 19.4 Å². The molecule has 784 valence electrons. The van der Waals surface area contributed by atoms with Crippen molar-refractivity contribution in [1.29, 1.82) is 0 Å². The summed E-state index contributed by atoms with van der Waals surface area (Å²) in [7, 11) is -77.4. The van der Waals surface area contributed by atoms with Gasteiger partial charge in [0.1, 0.15) is 17.9 Å². The Morgan fingerprint density at radius 2 is 0.351 bits per heavy atom. The summed E-state index contributed by atoms with van der Waals surface area (Å²) in [5, 5.41) is 0. The second-order valence-electron chi connectivity index (χ2n) is 46.9. The van der Waals surface area contributed by atoms with Gasteiger partial charge in [-0.2, -0.15) is 0 Å². The third-order valence-corrected chi connectivity index (χ3v) is 124. The summed E-state index contributed by atoms with van der Waals surface area (Å²) < 4.78 is 203. The lowest BCUT2D eigenvalue weighted by Crippen LogP contribution is -2.63. The molecule has 3 atom stereocenters. The summed E-state index contributed by atoms with van der Waals surface area (Å²) in [6.45, 7) is 121. The number of hydrogen-bond acceptors (Lipinski definition) is 32. The molecule has 0 aliphatic carbocycles. The number of rotatable bonds is 65. The first-order chi connectivity index (χ1) is 57.0. The van der Waals surface area contributed by atoms with Gasteiger partial charge in [0.25, 0.3) is 0 Å². The summed E-state index contributed by atoms with van der Waals surface area (Å²) in [4.78, 5) is 24.8. The van der Waals surface area contributed by atoms with Crippen molar-refractivity contribution in [2.24, 2.45) is 0 Å². The Morgan fingerprint density at radius 1 is 0.198 bits per heavy atom. The molecule has 0 aromatic carbocycles. The molecule has 0 radical (unpaired) electrons. The SMILES string of the molecule is CCCC(OC(=O)OC(C)CC)[Si](C)(C)O[Si](C)(C)O[Si](C)(C)O[Si](C)(C)O[Si](C)(C)O[Si](C)(C)O[Si](C)(C)O[Si](C)(C)O[Si](C)(C)O[Si](C)(C)O[Si](C)(C)O[Si](C)(C)O[Si](C)(C)O[Si](C)(C)O[Si](C)(C)O[Si](C)(C)O[Si](C)(C)O[Si](C)(C)O[Si](C)(C)O[Si](C)(C)O[Si](C)(C)O[Si](C)(C)O[Si](C)(C)O[Si](C)(C)O[Si](C)(C)O[Si](C)(C)O[Si](C)(C)CCCCOC(=O)OC(C)CC. The van der Waals surface area contributed by atoms with Gasteiger partial charge in [-0.15, -0.1) is 0 Å². The van der Waals surface area contributed by atoms with Crippen LogP contribution in [0, 0.1) is 0 Å². The molecule has 59 heteroatoms. The Kier molecular flexibility index (Phi) is 50.3. The van der Waals surface area contributed by atoms with E-state index in [1.54, 1.807) is 0 Å². The summed E-state index contributed by atoms with van der Waals surface area (Å²) in [5.41, 5.74) is -0.406. The smallest absolute Gasteiger partial charge is 0.436 e. The van der Waals surface area contributed by atoms with Crippen molar-refractivity contribution in [3.05, 3.63) is 0 Å². The Bertz CT molecular complexity index is 3480. The Labute approximate surface area is 828 Å². The van der Waals surface area contributed by atoms with Crippen LogP contribution in [0.3, 0.4) is 0 Å². The number of ether oxygens (including phenoxy) is 4. The molecule has 0 fully saturated rings. The Morgan fingerprint density at radius 3 is 0.511 bits per heavy atom. The summed E-state index contributed by atoms with van der Waals surface area (Å²) in [6.07, 6.45) is 2.83. The lowest BCUT2D eigenvalue weighted by molar-refractivity contribution is 0.0131. The first-order valence-electron chi connectivity index (χ1n) is 47.0. The lowest BCUT2D eigenvalue weighted by Gasteiger charge is -2.45. The minimum Gasteiger partial charge on any atom is -0.436 e. The normalized spacial score (nSPS) is 16.1. The number of unbranched alkanes of at least 4 members (excludes halogenated alkanes) is 1. The zero-order chi connectivity index (χ0) is 104. The van der Waals surface area contributed by atoms with Crippen molar-refractivity contribution >= 4 is 243 Å². The molecule has 0 bridgehead atoms. The highest BCUT2D eigenvalue weighted by atomic mass is 28.6. The molecule has 32 nitrogen and oxygen atoms in total. The number of carbonyl (C=O) groups is 2. The van der Waals surface area contributed by atoms with Crippen LogP contribution in [0.15, 0.2) is 0 Å². The average molecular weight is 2330 g/mol. The maximum atomic E-state index is 12.8. The van der Waals surface area contributed by atoms with E-state index in [9.17, 15) is 9.59 Å². The largest absolute Gasteiger partial charge is 0.508 e. The predicted octanol–water partition coefficient (Wildman–Crippen LogP) is 24.8. The van der Waals surface area contributed by atoms with Gasteiger partial charge in [-0.3, -0.25) is 0 Å². The topological polar surface area (TPSA) is 311 Å². The molecule has 0 saturated heterocycles. The highest BCUT2D eigenvalue weighted by molar-refractivity contribution is 6.98. The van der Waals surface area contributed by atoms with Crippen LogP contribution < -0.4 is 0 Å². The van der Waals surface area contributed by atoms with Crippen LogP contribution in [0.2, 0.25) is 360 Å². The number of hydrogen-bond donors (Lipinski definition) is 0. The standard InChI is InChI=1S/C72H196O32Si27/c1-60-65-70(78-72(74)77-69(5)62-3)106(8,9)80-108(12,13)82-110(16,17)84-112(20,21)86-114(24,25)88-116(28,29)90-118(32,33)92-120(36,37)94-122(40,41)96-124(44,45)98-126(48,49)100-128(52,53)102-130(56,57)104-131(58,59)103-129(54,55)101-127(50,51)99-125(46,47)97-123(42,43)95-121(38,39)93-119(34,35)91-117(30,31)89-115(26,27)87-113(22,23)85-111(18,19)83-109(14,15)81-107(10,11)79-105(6,7)67-64-63-66-75-71(73)76-68(4)61-2/h68-70H,60-67H2,1-59H3. The van der Waals surface area contributed by atoms with Crippen LogP contribution in [0.1, 0.15) is 73.1 Å². The Balaban J connectivity index is 5.94. The highest BCUT2D eigenvalue weighted by Gasteiger charge is 2.58. The zero-order valence-electron chi connectivity index (χ0n) is 94.0. The van der Waals surface area contributed by atoms with E-state index < -0.39 is 249 Å². The van der Waals surface area contributed by atoms with Crippen molar-refractivity contribution in [1.82, 2.24) is 0 Å². The average Bonchev–Trinajstić information content (AvgIpc) is 0.794. The van der Waals surface area contributed by atoms with Gasteiger partial charge in [-0.1, -0.05) is 33.6 Å². The zero-order valence-corrected chi connectivity index (χ0v) is 121. The minimum absolute atomic E-state index is 0.168. The van der Waals surface area contributed by atoms with E-state index in [1.165, 1.54) is 0 Å². The first-order valence-corrected chi connectivity index (χ1v) is 123. The van der Waals surface area contributed by atoms with E-state index in [-0.39, 0.29) is 12.2 Å². The van der Waals surface area contributed by atoms with Gasteiger partial charge >= 0.3 is 226 Å². The van der Waals surface area contributed by atoms with Gasteiger partial charge in [0.2, 0.25) is 8.32 Å². The highest BCUT2D eigenvalue weighted by Crippen LogP contribution is 2.39. The molecular weight excluding hydrogens is 2140 g/mol. The fraction of sp³-hybridized carbons (Fsp3) is 0.972. The summed E-state index contributed by atoms with van der Waals surface area (Å²) >= 11 is 0. The van der Waals surface area contributed by atoms with Crippen LogP contribution in [-0.4, -0.2) is 268 Å². The van der Waals surface area contributed by atoms with E-state index in [0.717, 1.165) is 31.7 Å². The molecule has 0 N–H and O–H groups in total. The molecule has 131 heavy (non-hydrogen) atoms. The number of carbonyl (C=O) groups excluding carboxylic acids is 2. The van der Waals surface area contributed by atoms with Crippen LogP contribution in [0.5, 0.6) is 0 Å². The predicted molar refractivity (Wildman–Crippen MR) is 592 cm³/mol. The fourth-order valence-corrected chi connectivity index (χ4v) is 159. The minimum atomic E-state index is -2.95. The quantitative estimate of drug-likeness (QED) is 0.0310. The van der Waals surface area contributed by atoms with Gasteiger partial charge in [0.05, 0.1) is 6.61 Å². The van der Waals surface area contributed by atoms with Gasteiger partial charge in [0, 0.05) is 0 Å². The molecule has 0 aliphatic heterocycles. The monoisotopic (exact) mass is 2330 g/mol. The van der Waals surface area contributed by atoms with E-state index in [4.69, 9.17) is 126 Å². The maximum Gasteiger partial charge on any atom is 0.508 e. The van der Waals surface area contributed by atoms with Gasteiger partial charge in [-0.05, 0) is 399 Å². The van der Waals surface area contributed by atoms with Crippen molar-refractivity contribution in [2.75, 3.05) is 6.61 Å². The molecule has 0 saturated carbocycles. The van der Waals surface area contributed by atoms with Crippen molar-refractivity contribution in [3.8, 4) is 0 Å². The molecular formula is C72H196O32Si27. The molecule has 0 heterocycles. The van der Waals surface area contributed by atoms with Gasteiger partial charge < -0.3 is 126 Å². The second-order valence-corrected chi connectivity index (χ2v) is 146. The molecule has 0 rings (SSSR count). The van der Waals surface area contributed by atoms with Crippen LogP contribution >= 0.6 is 0 Å². The van der Waals surface area contributed by atoms with Crippen LogP contribution in [-0.2, 0) is 126 Å². The summed E-state index contributed by atoms with van der Waals surface area (Å²) in [5.74, 6) is 0. The Hall–Kier alpha value is 3.36. The second kappa shape index (κ2) is 49.0. The van der Waals surface area contributed by atoms with Crippen molar-refractivity contribution < 1.29 is 136 Å². The summed E-state index contributed by atoms with van der Waals surface area (Å²) in [6, 6.07) is 0.901. The molecule has 0 aromatic heterocycles. The molecule has 0 spiro atoms. The lowest BCUT2D eigenvalue weighted by atomic mass is 10.3. The molecule has 3 unspecified atom stereocenters. The van der Waals surface area contributed by atoms with Crippen LogP contribution in [0.25, 0.3) is 0 Å². The van der Waals surface area contributed by atoms with E-state index in [2.05, 4.69) is 85.5 Å². The maximum absolute atomic E-state index is 12.8. The molecule has 0 aromatic rings. The molecule has 0 aliphatic rings.